The van der Waals surface area contributed by atoms with Crippen molar-refractivity contribution in [2.75, 3.05) is 18.0 Å². The van der Waals surface area contributed by atoms with Crippen LogP contribution in [0.5, 0.6) is 0 Å². The number of amides is 1. The average molecular weight is 325 g/mol. The van der Waals surface area contributed by atoms with Crippen LogP contribution in [0.2, 0.25) is 0 Å². The van der Waals surface area contributed by atoms with Gasteiger partial charge in [-0.3, -0.25) is 9.78 Å². The first-order valence-corrected chi connectivity index (χ1v) is 8.33. The number of pyridine rings is 1. The maximum absolute atomic E-state index is 11.2. The third-order valence-corrected chi connectivity index (χ3v) is 4.61. The molecule has 1 atom stereocenters. The van der Waals surface area contributed by atoms with Crippen LogP contribution in [0.3, 0.4) is 0 Å². The molecule has 1 fully saturated rings. The highest BCUT2D eigenvalue weighted by atomic mass is 16.1. The van der Waals surface area contributed by atoms with Gasteiger partial charge in [0.1, 0.15) is 5.82 Å². The van der Waals surface area contributed by atoms with Crippen molar-refractivity contribution in [1.82, 2.24) is 15.0 Å². The number of rotatable bonds is 4. The number of carbonyl (C=O) groups is 1. The number of aryl methyl sites for hydroxylation is 1. The van der Waals surface area contributed by atoms with Gasteiger partial charge < -0.3 is 10.6 Å². The lowest BCUT2D eigenvalue weighted by molar-refractivity contribution is -0.118. The molecule has 1 aliphatic heterocycles. The summed E-state index contributed by atoms with van der Waals surface area (Å²) in [6, 6.07) is 3.83. The van der Waals surface area contributed by atoms with Gasteiger partial charge in [0.25, 0.3) is 0 Å². The molecule has 0 aromatic carbocycles. The van der Waals surface area contributed by atoms with Crippen molar-refractivity contribution >= 4 is 11.7 Å². The third kappa shape index (κ3) is 3.53. The van der Waals surface area contributed by atoms with Crippen molar-refractivity contribution in [2.24, 2.45) is 11.7 Å². The first kappa shape index (κ1) is 16.4. The Kier molecular flexibility index (Phi) is 4.74. The van der Waals surface area contributed by atoms with Gasteiger partial charge in [-0.05, 0) is 44.7 Å². The van der Waals surface area contributed by atoms with Crippen molar-refractivity contribution in [1.29, 1.82) is 0 Å². The highest BCUT2D eigenvalue weighted by Crippen LogP contribution is 2.29. The Hall–Kier alpha value is -2.50. The van der Waals surface area contributed by atoms with Gasteiger partial charge in [0.15, 0.2) is 5.82 Å². The maximum atomic E-state index is 11.2. The summed E-state index contributed by atoms with van der Waals surface area (Å²) in [5.41, 5.74) is 8.40. The number of nitrogens with zero attached hydrogens (tertiary/aromatic N) is 4. The van der Waals surface area contributed by atoms with Gasteiger partial charge in [-0.1, -0.05) is 0 Å². The monoisotopic (exact) mass is 325 g/mol. The molecule has 1 amide bonds. The number of hydrogen-bond acceptors (Lipinski definition) is 5. The molecule has 0 radical (unpaired) electrons. The molecule has 6 heteroatoms. The third-order valence-electron chi connectivity index (χ3n) is 4.61. The van der Waals surface area contributed by atoms with Crippen LogP contribution in [-0.2, 0) is 4.79 Å². The van der Waals surface area contributed by atoms with Gasteiger partial charge in [-0.15, -0.1) is 0 Å². The molecular weight excluding hydrogens is 302 g/mol. The second-order valence-corrected chi connectivity index (χ2v) is 6.44. The second kappa shape index (κ2) is 6.95. The van der Waals surface area contributed by atoms with Crippen LogP contribution in [0.4, 0.5) is 5.82 Å². The van der Waals surface area contributed by atoms with Crippen molar-refractivity contribution in [3.05, 3.63) is 35.8 Å². The van der Waals surface area contributed by atoms with Crippen molar-refractivity contribution in [3.63, 3.8) is 0 Å². The molecule has 0 spiro atoms. The number of nitrogens with two attached hydrogens (primary N) is 1. The van der Waals surface area contributed by atoms with Crippen molar-refractivity contribution < 1.29 is 4.79 Å². The van der Waals surface area contributed by atoms with E-state index in [-0.39, 0.29) is 5.91 Å². The molecule has 126 valence electrons. The SMILES string of the molecule is Cc1nc(-c2ccncc2)nc(N2CCCC(CC(N)=O)C2)c1C. The Bertz CT molecular complexity index is 732. The minimum atomic E-state index is -0.227. The molecule has 3 heterocycles. The van der Waals surface area contributed by atoms with Crippen LogP contribution in [0.15, 0.2) is 24.5 Å². The zero-order chi connectivity index (χ0) is 17.1. The largest absolute Gasteiger partial charge is 0.370 e. The zero-order valence-electron chi connectivity index (χ0n) is 14.2. The quantitative estimate of drug-likeness (QED) is 0.932. The zero-order valence-corrected chi connectivity index (χ0v) is 14.2. The molecule has 2 aromatic rings. The lowest BCUT2D eigenvalue weighted by Gasteiger charge is -2.34. The van der Waals surface area contributed by atoms with Crippen LogP contribution in [0.25, 0.3) is 11.4 Å². The number of anilines is 1. The molecule has 24 heavy (non-hydrogen) atoms. The van der Waals surface area contributed by atoms with Gasteiger partial charge in [0, 0.05) is 48.7 Å². The lowest BCUT2D eigenvalue weighted by atomic mass is 9.94. The Labute approximate surface area is 142 Å². The van der Waals surface area contributed by atoms with Crippen LogP contribution in [0, 0.1) is 19.8 Å². The smallest absolute Gasteiger partial charge is 0.217 e. The van der Waals surface area contributed by atoms with Crippen molar-refractivity contribution in [2.45, 2.75) is 33.1 Å². The summed E-state index contributed by atoms with van der Waals surface area (Å²) in [7, 11) is 0. The molecular formula is C18H23N5O. The summed E-state index contributed by atoms with van der Waals surface area (Å²) in [5.74, 6) is 1.75. The van der Waals surface area contributed by atoms with E-state index in [1.807, 2.05) is 19.1 Å². The van der Waals surface area contributed by atoms with Gasteiger partial charge in [0.2, 0.25) is 5.91 Å². The Morgan fingerprint density at radius 1 is 1.29 bits per heavy atom. The summed E-state index contributed by atoms with van der Waals surface area (Å²) >= 11 is 0. The number of primary amides is 1. The molecule has 2 aromatic heterocycles. The summed E-state index contributed by atoms with van der Waals surface area (Å²) in [6.07, 6.45) is 6.02. The normalized spacial score (nSPS) is 17.8. The van der Waals surface area contributed by atoms with Crippen LogP contribution in [0.1, 0.15) is 30.5 Å². The number of piperidine rings is 1. The molecule has 1 saturated heterocycles. The molecule has 3 rings (SSSR count). The van der Waals surface area contributed by atoms with E-state index >= 15 is 0 Å². The summed E-state index contributed by atoms with van der Waals surface area (Å²) in [4.78, 5) is 27.0. The van der Waals surface area contributed by atoms with E-state index in [1.54, 1.807) is 12.4 Å². The first-order valence-electron chi connectivity index (χ1n) is 8.33. The summed E-state index contributed by atoms with van der Waals surface area (Å²) in [5, 5.41) is 0. The van der Waals surface area contributed by atoms with E-state index < -0.39 is 0 Å². The van der Waals surface area contributed by atoms with Crippen LogP contribution < -0.4 is 10.6 Å². The number of carbonyl (C=O) groups excluding carboxylic acids is 1. The van der Waals surface area contributed by atoms with Gasteiger partial charge >= 0.3 is 0 Å². The predicted molar refractivity (Wildman–Crippen MR) is 93.5 cm³/mol. The Morgan fingerprint density at radius 3 is 2.75 bits per heavy atom. The molecule has 0 aliphatic carbocycles. The Balaban J connectivity index is 1.92. The number of aromatic nitrogens is 3. The van der Waals surface area contributed by atoms with Crippen LogP contribution in [-0.4, -0.2) is 33.9 Å². The minimum absolute atomic E-state index is 0.227. The van der Waals surface area contributed by atoms with E-state index in [9.17, 15) is 4.79 Å². The van der Waals surface area contributed by atoms with E-state index in [1.165, 1.54) is 0 Å². The van der Waals surface area contributed by atoms with Gasteiger partial charge in [-0.25, -0.2) is 9.97 Å². The molecule has 2 N–H and O–H groups in total. The van der Waals surface area contributed by atoms with Gasteiger partial charge in [0.05, 0.1) is 0 Å². The highest BCUT2D eigenvalue weighted by Gasteiger charge is 2.24. The first-order chi connectivity index (χ1) is 11.5. The second-order valence-electron chi connectivity index (χ2n) is 6.44. The van der Waals surface area contributed by atoms with E-state index in [4.69, 9.17) is 10.7 Å². The molecule has 1 unspecified atom stereocenters. The number of hydrogen-bond donors (Lipinski definition) is 1. The average Bonchev–Trinajstić information content (AvgIpc) is 2.57. The Morgan fingerprint density at radius 2 is 2.04 bits per heavy atom. The molecule has 6 nitrogen and oxygen atoms in total. The standard InChI is InChI=1S/C18H23N5O/c1-12-13(2)21-17(15-5-7-20-8-6-15)22-18(12)23-9-3-4-14(11-23)10-16(19)24/h5-8,14H,3-4,9-11H2,1-2H3,(H2,19,24). The van der Waals surface area contributed by atoms with E-state index in [2.05, 4.69) is 21.8 Å². The topological polar surface area (TPSA) is 85.0 Å². The summed E-state index contributed by atoms with van der Waals surface area (Å²) < 4.78 is 0. The highest BCUT2D eigenvalue weighted by molar-refractivity contribution is 5.74. The van der Waals surface area contributed by atoms with Crippen LogP contribution >= 0.6 is 0 Å². The van der Waals surface area contributed by atoms with E-state index in [0.717, 1.165) is 48.6 Å². The predicted octanol–water partition coefficient (Wildman–Crippen LogP) is 2.25. The summed E-state index contributed by atoms with van der Waals surface area (Å²) in [6.45, 7) is 5.83. The van der Waals surface area contributed by atoms with E-state index in [0.29, 0.717) is 18.2 Å². The lowest BCUT2D eigenvalue weighted by Crippen LogP contribution is -2.38. The fourth-order valence-electron chi connectivity index (χ4n) is 3.26. The minimum Gasteiger partial charge on any atom is -0.370 e. The fraction of sp³-hybridized carbons (Fsp3) is 0.444. The van der Waals surface area contributed by atoms with Crippen molar-refractivity contribution in [3.8, 4) is 11.4 Å². The molecule has 0 bridgehead atoms. The molecule has 0 saturated carbocycles. The molecule has 1 aliphatic rings. The maximum Gasteiger partial charge on any atom is 0.217 e. The van der Waals surface area contributed by atoms with Gasteiger partial charge in [-0.2, -0.15) is 0 Å². The fourth-order valence-corrected chi connectivity index (χ4v) is 3.26.